The Bertz CT molecular complexity index is 582. The zero-order valence-electron chi connectivity index (χ0n) is 9.63. The third-order valence-corrected chi connectivity index (χ3v) is 2.39. The van der Waals surface area contributed by atoms with E-state index in [0.717, 1.165) is 6.07 Å². The molecule has 0 spiro atoms. The maximum absolute atomic E-state index is 13.0. The van der Waals surface area contributed by atoms with Gasteiger partial charge in [0, 0.05) is 12.7 Å². The molecule has 0 radical (unpaired) electrons. The zero-order valence-corrected chi connectivity index (χ0v) is 9.63. The molecule has 1 aromatic carbocycles. The molecule has 0 aliphatic rings. The number of rotatable bonds is 4. The number of benzene rings is 1. The van der Waals surface area contributed by atoms with E-state index in [0.29, 0.717) is 12.2 Å². The highest BCUT2D eigenvalue weighted by Crippen LogP contribution is 2.27. The van der Waals surface area contributed by atoms with Gasteiger partial charge >= 0.3 is 0 Å². The van der Waals surface area contributed by atoms with E-state index in [-0.39, 0.29) is 11.4 Å². The van der Waals surface area contributed by atoms with Gasteiger partial charge in [0.1, 0.15) is 11.5 Å². The van der Waals surface area contributed by atoms with Crippen LogP contribution in [0.1, 0.15) is 6.92 Å². The van der Waals surface area contributed by atoms with E-state index in [1.165, 1.54) is 12.1 Å². The third-order valence-electron chi connectivity index (χ3n) is 2.39. The summed E-state index contributed by atoms with van der Waals surface area (Å²) in [6.07, 6.45) is 3.27. The smallest absolute Gasteiger partial charge is 0.295 e. The fourth-order valence-corrected chi connectivity index (χ4v) is 1.52. The second kappa shape index (κ2) is 4.82. The SMILES string of the molecule is CCn1cc(Nc2ccc(F)cc2[N+](=O)[O-])cn1. The molecule has 0 saturated heterocycles. The molecular formula is C11H11FN4O2. The molecule has 0 bridgehead atoms. The van der Waals surface area contributed by atoms with Crippen LogP contribution >= 0.6 is 0 Å². The normalized spacial score (nSPS) is 10.3. The van der Waals surface area contributed by atoms with Gasteiger partial charge in [-0.25, -0.2) is 4.39 Å². The predicted octanol–water partition coefficient (Wildman–Crippen LogP) is 2.69. The largest absolute Gasteiger partial charge is 0.347 e. The van der Waals surface area contributed by atoms with Crippen molar-refractivity contribution in [2.75, 3.05) is 5.32 Å². The van der Waals surface area contributed by atoms with Gasteiger partial charge in [-0.15, -0.1) is 0 Å². The van der Waals surface area contributed by atoms with E-state index in [1.54, 1.807) is 17.1 Å². The van der Waals surface area contributed by atoms with Crippen LogP contribution in [0.15, 0.2) is 30.6 Å². The van der Waals surface area contributed by atoms with Crippen LogP contribution in [0.2, 0.25) is 0 Å². The fraction of sp³-hybridized carbons (Fsp3) is 0.182. The van der Waals surface area contributed by atoms with Crippen molar-refractivity contribution >= 4 is 17.1 Å². The Morgan fingerprint density at radius 2 is 2.33 bits per heavy atom. The molecule has 1 heterocycles. The lowest BCUT2D eigenvalue weighted by molar-refractivity contribution is -0.384. The van der Waals surface area contributed by atoms with Crippen LogP contribution in [-0.4, -0.2) is 14.7 Å². The summed E-state index contributed by atoms with van der Waals surface area (Å²) in [4.78, 5) is 10.2. The highest BCUT2D eigenvalue weighted by atomic mass is 19.1. The second-order valence-corrected chi connectivity index (χ2v) is 3.63. The van der Waals surface area contributed by atoms with Crippen molar-refractivity contribution in [1.29, 1.82) is 0 Å². The lowest BCUT2D eigenvalue weighted by Gasteiger charge is -2.04. The summed E-state index contributed by atoms with van der Waals surface area (Å²) in [5.41, 5.74) is 0.544. The summed E-state index contributed by atoms with van der Waals surface area (Å²) in [7, 11) is 0. The third kappa shape index (κ3) is 2.45. The Morgan fingerprint density at radius 3 is 2.94 bits per heavy atom. The maximum Gasteiger partial charge on any atom is 0.295 e. The fourth-order valence-electron chi connectivity index (χ4n) is 1.52. The van der Waals surface area contributed by atoms with Gasteiger partial charge in [-0.1, -0.05) is 0 Å². The Labute approximate surface area is 102 Å². The highest BCUT2D eigenvalue weighted by molar-refractivity contribution is 5.68. The minimum absolute atomic E-state index is 0.233. The Hall–Kier alpha value is -2.44. The summed E-state index contributed by atoms with van der Waals surface area (Å²) >= 11 is 0. The molecule has 0 aliphatic heterocycles. The van der Waals surface area contributed by atoms with Crippen LogP contribution in [-0.2, 0) is 6.54 Å². The first-order valence-corrected chi connectivity index (χ1v) is 5.33. The summed E-state index contributed by atoms with van der Waals surface area (Å²) in [6, 6.07) is 3.38. The molecule has 0 amide bonds. The molecule has 94 valence electrons. The average Bonchev–Trinajstić information content (AvgIpc) is 2.79. The molecule has 1 N–H and O–H groups in total. The first kappa shape index (κ1) is 12.0. The number of hydrogen-bond donors (Lipinski definition) is 1. The Balaban J connectivity index is 2.30. The van der Waals surface area contributed by atoms with Crippen LogP contribution in [0.5, 0.6) is 0 Å². The van der Waals surface area contributed by atoms with Crippen LogP contribution < -0.4 is 5.32 Å². The van der Waals surface area contributed by atoms with E-state index >= 15 is 0 Å². The van der Waals surface area contributed by atoms with Gasteiger partial charge in [0.25, 0.3) is 5.69 Å². The first-order valence-electron chi connectivity index (χ1n) is 5.33. The number of hydrogen-bond acceptors (Lipinski definition) is 4. The lowest BCUT2D eigenvalue weighted by atomic mass is 10.2. The van der Waals surface area contributed by atoms with E-state index in [4.69, 9.17) is 0 Å². The monoisotopic (exact) mass is 250 g/mol. The quantitative estimate of drug-likeness (QED) is 0.668. The van der Waals surface area contributed by atoms with Crippen molar-refractivity contribution < 1.29 is 9.31 Å². The van der Waals surface area contributed by atoms with Crippen molar-refractivity contribution in [1.82, 2.24) is 9.78 Å². The van der Waals surface area contributed by atoms with Crippen molar-refractivity contribution in [3.8, 4) is 0 Å². The molecular weight excluding hydrogens is 239 g/mol. The summed E-state index contributed by atoms with van der Waals surface area (Å²) < 4.78 is 14.6. The topological polar surface area (TPSA) is 73.0 Å². The lowest BCUT2D eigenvalue weighted by Crippen LogP contribution is -1.97. The molecule has 7 heteroatoms. The van der Waals surface area contributed by atoms with Crippen LogP contribution in [0.25, 0.3) is 0 Å². The molecule has 1 aromatic heterocycles. The number of aryl methyl sites for hydroxylation is 1. The molecule has 0 aliphatic carbocycles. The van der Waals surface area contributed by atoms with Crippen molar-refractivity contribution in [3.63, 3.8) is 0 Å². The van der Waals surface area contributed by atoms with Gasteiger partial charge in [-0.2, -0.15) is 5.10 Å². The van der Waals surface area contributed by atoms with Gasteiger partial charge in [-0.05, 0) is 19.1 Å². The Morgan fingerprint density at radius 1 is 1.56 bits per heavy atom. The molecule has 0 saturated carbocycles. The maximum atomic E-state index is 13.0. The number of anilines is 2. The summed E-state index contributed by atoms with van der Waals surface area (Å²) in [6.45, 7) is 2.63. The summed E-state index contributed by atoms with van der Waals surface area (Å²) in [5, 5.41) is 17.7. The number of aromatic nitrogens is 2. The zero-order chi connectivity index (χ0) is 13.1. The minimum atomic E-state index is -0.642. The van der Waals surface area contributed by atoms with E-state index in [9.17, 15) is 14.5 Å². The van der Waals surface area contributed by atoms with Crippen molar-refractivity contribution in [3.05, 3.63) is 46.5 Å². The van der Waals surface area contributed by atoms with Gasteiger partial charge < -0.3 is 5.32 Å². The number of nitro benzene ring substituents is 1. The van der Waals surface area contributed by atoms with Crippen molar-refractivity contribution in [2.24, 2.45) is 0 Å². The van der Waals surface area contributed by atoms with Gasteiger partial charge in [0.15, 0.2) is 0 Å². The number of nitrogens with one attached hydrogen (secondary N) is 1. The first-order chi connectivity index (χ1) is 8.60. The standard InChI is InChI=1S/C11H11FN4O2/c1-2-15-7-9(6-13-15)14-10-4-3-8(12)5-11(10)16(17)18/h3-7,14H,2H2,1H3. The number of halogens is 1. The minimum Gasteiger partial charge on any atom is -0.347 e. The van der Waals surface area contributed by atoms with E-state index in [2.05, 4.69) is 10.4 Å². The molecule has 0 fully saturated rings. The molecule has 18 heavy (non-hydrogen) atoms. The van der Waals surface area contributed by atoms with Gasteiger partial charge in [0.05, 0.1) is 22.9 Å². The van der Waals surface area contributed by atoms with Crippen LogP contribution in [0.4, 0.5) is 21.5 Å². The van der Waals surface area contributed by atoms with E-state index < -0.39 is 10.7 Å². The molecule has 2 aromatic rings. The number of nitrogens with zero attached hydrogens (tertiary/aromatic N) is 3. The second-order valence-electron chi connectivity index (χ2n) is 3.63. The predicted molar refractivity (Wildman–Crippen MR) is 64.2 cm³/mol. The van der Waals surface area contributed by atoms with Crippen molar-refractivity contribution in [2.45, 2.75) is 13.5 Å². The average molecular weight is 250 g/mol. The van der Waals surface area contributed by atoms with E-state index in [1.807, 2.05) is 6.92 Å². The summed E-state index contributed by atoms with van der Waals surface area (Å²) in [5.74, 6) is -0.642. The number of nitro groups is 1. The van der Waals surface area contributed by atoms with Crippen LogP contribution in [0.3, 0.4) is 0 Å². The van der Waals surface area contributed by atoms with Gasteiger partial charge in [0.2, 0.25) is 0 Å². The van der Waals surface area contributed by atoms with Gasteiger partial charge in [-0.3, -0.25) is 14.8 Å². The Kier molecular flexibility index (Phi) is 3.22. The molecule has 0 unspecified atom stereocenters. The molecule has 6 nitrogen and oxygen atoms in total. The molecule has 2 rings (SSSR count). The molecule has 0 atom stereocenters. The van der Waals surface area contributed by atoms with Crippen LogP contribution in [0, 0.1) is 15.9 Å². The highest BCUT2D eigenvalue weighted by Gasteiger charge is 2.15.